The van der Waals surface area contributed by atoms with Gasteiger partial charge in [-0.3, -0.25) is 9.69 Å². The number of nitrogens with two attached hydrogens (primary N) is 1. The molecule has 0 atom stereocenters. The minimum atomic E-state index is -0.811. The summed E-state index contributed by atoms with van der Waals surface area (Å²) in [4.78, 5) is 21.9. The Bertz CT molecular complexity index is 1670. The summed E-state index contributed by atoms with van der Waals surface area (Å²) in [5.41, 5.74) is 10.3. The lowest BCUT2D eigenvalue weighted by Gasteiger charge is -2.34. The monoisotopic (exact) mass is 527 g/mol. The van der Waals surface area contributed by atoms with Crippen LogP contribution in [0, 0.1) is 5.82 Å². The van der Waals surface area contributed by atoms with Crippen LogP contribution in [0.25, 0.3) is 33.2 Å². The summed E-state index contributed by atoms with van der Waals surface area (Å²) < 4.78 is 18.3. The minimum Gasteiger partial charge on any atom is -0.480 e. The summed E-state index contributed by atoms with van der Waals surface area (Å²) in [5, 5.41) is 15.9. The lowest BCUT2D eigenvalue weighted by molar-refractivity contribution is -0.138. The van der Waals surface area contributed by atoms with Crippen LogP contribution in [0.2, 0.25) is 0 Å². The van der Waals surface area contributed by atoms with Crippen LogP contribution in [0.3, 0.4) is 0 Å². The van der Waals surface area contributed by atoms with Gasteiger partial charge < -0.3 is 15.4 Å². The molecule has 2 aromatic carbocycles. The Morgan fingerprint density at radius 3 is 2.69 bits per heavy atom. The van der Waals surface area contributed by atoms with Crippen molar-refractivity contribution in [1.82, 2.24) is 29.2 Å². The zero-order valence-corrected chi connectivity index (χ0v) is 21.7. The maximum atomic E-state index is 14.2. The molecule has 0 spiro atoms. The van der Waals surface area contributed by atoms with Crippen LogP contribution in [0.4, 0.5) is 10.2 Å². The zero-order chi connectivity index (χ0) is 27.1. The van der Waals surface area contributed by atoms with E-state index >= 15 is 0 Å². The number of rotatable bonds is 7. The Hall–Kier alpha value is -4.31. The summed E-state index contributed by atoms with van der Waals surface area (Å²) in [7, 11) is 1.87. The lowest BCUT2D eigenvalue weighted by Crippen LogP contribution is -2.38. The van der Waals surface area contributed by atoms with Gasteiger partial charge in [-0.1, -0.05) is 24.3 Å². The molecule has 6 rings (SSSR count). The van der Waals surface area contributed by atoms with E-state index in [1.54, 1.807) is 12.1 Å². The number of nitrogens with zero attached hydrogens (tertiary/aromatic N) is 6. The number of halogens is 1. The smallest absolute Gasteiger partial charge is 0.317 e. The van der Waals surface area contributed by atoms with Gasteiger partial charge in [-0.05, 0) is 57.0 Å². The minimum absolute atomic E-state index is 0.0401. The average molecular weight is 528 g/mol. The fourth-order valence-corrected chi connectivity index (χ4v) is 5.83. The van der Waals surface area contributed by atoms with E-state index in [1.807, 2.05) is 51.7 Å². The second-order valence-corrected chi connectivity index (χ2v) is 10.3. The number of fused-ring (bicyclic) bond motifs is 2. The predicted octanol–water partition coefficient (Wildman–Crippen LogP) is 4.72. The van der Waals surface area contributed by atoms with Gasteiger partial charge >= 0.3 is 5.97 Å². The summed E-state index contributed by atoms with van der Waals surface area (Å²) in [6, 6.07) is 15.3. The van der Waals surface area contributed by atoms with Crippen LogP contribution in [-0.2, 0) is 11.3 Å². The summed E-state index contributed by atoms with van der Waals surface area (Å²) in [6.45, 7) is 0.483. The molecule has 3 N–H and O–H groups in total. The second kappa shape index (κ2) is 10.1. The highest BCUT2D eigenvalue weighted by atomic mass is 19.1. The van der Waals surface area contributed by atoms with Gasteiger partial charge in [0, 0.05) is 34.3 Å². The third-order valence-electron chi connectivity index (χ3n) is 7.88. The van der Waals surface area contributed by atoms with Gasteiger partial charge in [0.15, 0.2) is 5.65 Å². The fourth-order valence-electron chi connectivity index (χ4n) is 5.83. The van der Waals surface area contributed by atoms with Crippen molar-refractivity contribution >= 4 is 33.7 Å². The first-order chi connectivity index (χ1) is 18.9. The van der Waals surface area contributed by atoms with Gasteiger partial charge in [0.25, 0.3) is 0 Å². The van der Waals surface area contributed by atoms with Crippen molar-refractivity contribution < 1.29 is 14.3 Å². The van der Waals surface area contributed by atoms with E-state index in [0.29, 0.717) is 23.6 Å². The number of hydrogen-bond acceptors (Lipinski definition) is 6. The molecule has 5 aromatic rings. The van der Waals surface area contributed by atoms with Crippen LogP contribution in [0.1, 0.15) is 37.3 Å². The standard InChI is InChI=1S/C29H30FN7O2/c1-35(16-25(38)39)21-7-9-22(10-8-21)37-29-26(28(31)32-17-33-29)27(34-37)19-6-11-24-18(14-19)12-13-36(24)15-20-4-2-3-5-23(20)30/h2-6,11-14,17,21-22H,7-10,15-16H2,1H3,(H,38,39)(H2,31,32,33). The largest absolute Gasteiger partial charge is 0.480 e. The molecule has 3 heterocycles. The molecule has 1 fully saturated rings. The van der Waals surface area contributed by atoms with Crippen LogP contribution in [0.5, 0.6) is 0 Å². The lowest BCUT2D eigenvalue weighted by atomic mass is 9.90. The van der Waals surface area contributed by atoms with E-state index in [2.05, 4.69) is 16.0 Å². The van der Waals surface area contributed by atoms with E-state index in [9.17, 15) is 9.18 Å². The van der Waals surface area contributed by atoms with Gasteiger partial charge in [-0.25, -0.2) is 19.0 Å². The average Bonchev–Trinajstić information content (AvgIpc) is 3.52. The molecule has 1 aliphatic rings. The molecule has 200 valence electrons. The van der Waals surface area contributed by atoms with Crippen molar-refractivity contribution in [2.75, 3.05) is 19.3 Å². The van der Waals surface area contributed by atoms with E-state index in [0.717, 1.165) is 53.2 Å². The molecule has 9 nitrogen and oxygen atoms in total. The zero-order valence-electron chi connectivity index (χ0n) is 21.7. The van der Waals surface area contributed by atoms with Gasteiger partial charge in [0.05, 0.1) is 24.5 Å². The van der Waals surface area contributed by atoms with E-state index < -0.39 is 5.97 Å². The second-order valence-electron chi connectivity index (χ2n) is 10.3. The molecule has 10 heteroatoms. The molecular formula is C29H30FN7O2. The number of carbonyl (C=O) groups is 1. The summed E-state index contributed by atoms with van der Waals surface area (Å²) in [6.07, 6.45) is 6.94. The quantitative estimate of drug-likeness (QED) is 0.315. The Morgan fingerprint density at radius 1 is 1.13 bits per heavy atom. The molecule has 0 unspecified atom stereocenters. The number of nitrogen functional groups attached to an aromatic ring is 1. The first-order valence-electron chi connectivity index (χ1n) is 13.1. The van der Waals surface area contributed by atoms with E-state index in [1.165, 1.54) is 12.4 Å². The number of anilines is 1. The SMILES string of the molecule is CN(CC(=O)O)C1CCC(n2nc(-c3ccc4c(ccn4Cc4ccccc4F)c3)c3c(N)ncnc32)CC1. The molecule has 1 aliphatic carbocycles. The van der Waals surface area contributed by atoms with Crippen molar-refractivity contribution in [3.05, 3.63) is 72.4 Å². The molecule has 39 heavy (non-hydrogen) atoms. The molecule has 0 bridgehead atoms. The Labute approximate surface area is 224 Å². The predicted molar refractivity (Wildman–Crippen MR) is 148 cm³/mol. The number of carboxylic acids is 1. The van der Waals surface area contributed by atoms with Gasteiger partial charge in [-0.2, -0.15) is 5.10 Å². The molecule has 0 saturated heterocycles. The highest BCUT2D eigenvalue weighted by Gasteiger charge is 2.29. The third kappa shape index (κ3) is 4.72. The molecule has 0 amide bonds. The number of aromatic nitrogens is 5. The molecule has 0 aliphatic heterocycles. The number of carboxylic acid groups (broad SMARTS) is 1. The van der Waals surface area contributed by atoms with Crippen LogP contribution < -0.4 is 5.73 Å². The topological polar surface area (TPSA) is 115 Å². The van der Waals surface area contributed by atoms with Crippen molar-refractivity contribution in [2.24, 2.45) is 0 Å². The number of benzene rings is 2. The van der Waals surface area contributed by atoms with Crippen molar-refractivity contribution in [3.8, 4) is 11.3 Å². The van der Waals surface area contributed by atoms with Crippen LogP contribution in [0.15, 0.2) is 61.1 Å². The van der Waals surface area contributed by atoms with Crippen LogP contribution in [-0.4, -0.2) is 59.9 Å². The maximum absolute atomic E-state index is 14.2. The Morgan fingerprint density at radius 2 is 1.92 bits per heavy atom. The molecule has 1 saturated carbocycles. The van der Waals surface area contributed by atoms with Crippen molar-refractivity contribution in [1.29, 1.82) is 0 Å². The van der Waals surface area contributed by atoms with Gasteiger partial charge in [0.1, 0.15) is 23.7 Å². The number of aliphatic carboxylic acids is 1. The normalized spacial score (nSPS) is 17.8. The van der Waals surface area contributed by atoms with Gasteiger partial charge in [0.2, 0.25) is 0 Å². The third-order valence-corrected chi connectivity index (χ3v) is 7.88. The molecular weight excluding hydrogens is 497 g/mol. The summed E-state index contributed by atoms with van der Waals surface area (Å²) in [5.74, 6) is -0.645. The molecule has 0 radical (unpaired) electrons. The van der Waals surface area contributed by atoms with Crippen molar-refractivity contribution in [2.45, 2.75) is 44.3 Å². The maximum Gasteiger partial charge on any atom is 0.317 e. The number of hydrogen-bond donors (Lipinski definition) is 2. The number of likely N-dealkylation sites (N-methyl/N-ethyl adjacent to an activating group) is 1. The van der Waals surface area contributed by atoms with E-state index in [4.69, 9.17) is 15.9 Å². The molecule has 3 aromatic heterocycles. The first kappa shape index (κ1) is 25.0. The Kier molecular flexibility index (Phi) is 6.48. The summed E-state index contributed by atoms with van der Waals surface area (Å²) >= 11 is 0. The highest BCUT2D eigenvalue weighted by molar-refractivity contribution is 6.00. The highest BCUT2D eigenvalue weighted by Crippen LogP contribution is 2.37. The van der Waals surface area contributed by atoms with Crippen LogP contribution >= 0.6 is 0 Å². The van der Waals surface area contributed by atoms with Crippen molar-refractivity contribution in [3.63, 3.8) is 0 Å². The van der Waals surface area contributed by atoms with Gasteiger partial charge in [-0.15, -0.1) is 0 Å². The van der Waals surface area contributed by atoms with E-state index in [-0.39, 0.29) is 24.4 Å². The fraction of sp³-hybridized carbons (Fsp3) is 0.310. The first-order valence-corrected chi connectivity index (χ1v) is 13.1. The Balaban J connectivity index is 1.32.